The van der Waals surface area contributed by atoms with E-state index in [-0.39, 0.29) is 13.2 Å². The minimum Gasteiger partial charge on any atom is -0.270 e. The molecule has 0 aliphatic carbocycles. The maximum absolute atomic E-state index is 10.6. The van der Waals surface area contributed by atoms with Gasteiger partial charge >= 0.3 is 0 Å². The summed E-state index contributed by atoms with van der Waals surface area (Å²) >= 11 is 0. The van der Waals surface area contributed by atoms with Gasteiger partial charge in [0.1, 0.15) is 0 Å². The second-order valence-corrected chi connectivity index (χ2v) is 6.26. The normalized spacial score (nSPS) is 13.0. The quantitative estimate of drug-likeness (QED) is 0.462. The molecule has 8 heteroatoms. The second kappa shape index (κ2) is 5.59. The number of hydrogen-bond acceptors (Lipinski definition) is 6. The van der Waals surface area contributed by atoms with Gasteiger partial charge in [-0.2, -0.15) is 16.8 Å². The fourth-order valence-electron chi connectivity index (χ4n) is 0.606. The fraction of sp³-hybridized carbons (Fsp3) is 0.714. The van der Waals surface area contributed by atoms with Crippen molar-refractivity contribution < 1.29 is 25.2 Å². The van der Waals surface area contributed by atoms with Gasteiger partial charge in [0, 0.05) is 5.92 Å². The molecule has 0 fully saturated rings. The Bertz CT molecular complexity index is 357. The summed E-state index contributed by atoms with van der Waals surface area (Å²) in [4.78, 5) is 0. The highest BCUT2D eigenvalue weighted by molar-refractivity contribution is 7.86. The lowest BCUT2D eigenvalue weighted by Crippen LogP contribution is -2.18. The molecule has 0 radical (unpaired) electrons. The first-order chi connectivity index (χ1) is 6.64. The lowest BCUT2D eigenvalue weighted by molar-refractivity contribution is 0.214. The van der Waals surface area contributed by atoms with Crippen LogP contribution in [0.25, 0.3) is 0 Å². The molecule has 0 aliphatic rings. The van der Waals surface area contributed by atoms with Crippen LogP contribution in [0.5, 0.6) is 0 Å². The zero-order chi connectivity index (χ0) is 12.1. The minimum absolute atomic E-state index is 0.183. The van der Waals surface area contributed by atoms with E-state index in [2.05, 4.69) is 14.9 Å². The van der Waals surface area contributed by atoms with E-state index < -0.39 is 26.2 Å². The molecule has 0 amide bonds. The zero-order valence-electron chi connectivity index (χ0n) is 8.54. The summed E-state index contributed by atoms with van der Waals surface area (Å²) in [5, 5.41) is 0. The third kappa shape index (κ3) is 9.85. The molecule has 90 valence electrons. The van der Waals surface area contributed by atoms with Crippen molar-refractivity contribution in [2.45, 2.75) is 0 Å². The lowest BCUT2D eigenvalue weighted by atomic mass is 10.2. The summed E-state index contributed by atoms with van der Waals surface area (Å²) < 4.78 is 51.5. The molecule has 15 heavy (non-hydrogen) atoms. The van der Waals surface area contributed by atoms with Crippen LogP contribution in [0.15, 0.2) is 12.7 Å². The standard InChI is InChI=1S/C7H14O6S2/c1-4-7(5-12-14(2,8)9)6-13-15(3,10)11/h4,7H,1,5-6H2,2-3H3. The van der Waals surface area contributed by atoms with Crippen molar-refractivity contribution in [3.63, 3.8) is 0 Å². The molecule has 0 saturated carbocycles. The molecule has 0 atom stereocenters. The maximum Gasteiger partial charge on any atom is 0.264 e. The van der Waals surface area contributed by atoms with E-state index >= 15 is 0 Å². The van der Waals surface area contributed by atoms with Gasteiger partial charge in [0.25, 0.3) is 20.2 Å². The van der Waals surface area contributed by atoms with Crippen LogP contribution in [0.3, 0.4) is 0 Å². The van der Waals surface area contributed by atoms with Crippen LogP contribution < -0.4 is 0 Å². The van der Waals surface area contributed by atoms with Gasteiger partial charge in [-0.15, -0.1) is 6.58 Å². The summed E-state index contributed by atoms with van der Waals surface area (Å²) in [6.07, 6.45) is 3.19. The van der Waals surface area contributed by atoms with Gasteiger partial charge < -0.3 is 0 Å². The SMILES string of the molecule is C=CC(COS(C)(=O)=O)COS(C)(=O)=O. The molecule has 0 aliphatic heterocycles. The first kappa shape index (κ1) is 14.6. The maximum atomic E-state index is 10.6. The predicted molar refractivity (Wildman–Crippen MR) is 55.3 cm³/mol. The average Bonchev–Trinajstić information content (AvgIpc) is 2.00. The monoisotopic (exact) mass is 258 g/mol. The van der Waals surface area contributed by atoms with Crippen LogP contribution in [0.2, 0.25) is 0 Å². The van der Waals surface area contributed by atoms with Crippen molar-refractivity contribution in [1.29, 1.82) is 0 Å². The van der Waals surface area contributed by atoms with Crippen LogP contribution in [0, 0.1) is 5.92 Å². The molecule has 6 nitrogen and oxygen atoms in total. The van der Waals surface area contributed by atoms with Crippen molar-refractivity contribution in [2.75, 3.05) is 25.7 Å². The minimum atomic E-state index is -3.54. The Balaban J connectivity index is 4.11. The molecule has 0 aromatic rings. The van der Waals surface area contributed by atoms with E-state index in [0.717, 1.165) is 12.5 Å². The number of hydrogen-bond donors (Lipinski definition) is 0. The predicted octanol–water partition coefficient (Wildman–Crippen LogP) is -0.259. The molecular formula is C7H14O6S2. The second-order valence-electron chi connectivity index (χ2n) is 2.97. The molecule has 0 N–H and O–H groups in total. The van der Waals surface area contributed by atoms with Crippen LogP contribution in [-0.4, -0.2) is 42.6 Å². The Morgan fingerprint density at radius 2 is 1.40 bits per heavy atom. The van der Waals surface area contributed by atoms with E-state index in [9.17, 15) is 16.8 Å². The Morgan fingerprint density at radius 3 is 1.60 bits per heavy atom. The van der Waals surface area contributed by atoms with Crippen molar-refractivity contribution in [3.8, 4) is 0 Å². The van der Waals surface area contributed by atoms with Gasteiger partial charge in [0.05, 0.1) is 25.7 Å². The number of rotatable bonds is 7. The Labute approximate surface area is 90.1 Å². The highest BCUT2D eigenvalue weighted by Gasteiger charge is 2.12. The van der Waals surface area contributed by atoms with Gasteiger partial charge in [-0.3, -0.25) is 8.37 Å². The van der Waals surface area contributed by atoms with E-state index in [1.165, 1.54) is 6.08 Å². The van der Waals surface area contributed by atoms with Crippen LogP contribution >= 0.6 is 0 Å². The zero-order valence-corrected chi connectivity index (χ0v) is 10.2. The fourth-order valence-corrected chi connectivity index (χ4v) is 1.45. The smallest absolute Gasteiger partial charge is 0.264 e. The first-order valence-corrected chi connectivity index (χ1v) is 7.58. The highest BCUT2D eigenvalue weighted by atomic mass is 32.2. The van der Waals surface area contributed by atoms with Crippen LogP contribution in [-0.2, 0) is 28.6 Å². The summed E-state index contributed by atoms with van der Waals surface area (Å²) in [6.45, 7) is 3.05. The largest absolute Gasteiger partial charge is 0.270 e. The van der Waals surface area contributed by atoms with Gasteiger partial charge in [-0.25, -0.2) is 0 Å². The third-order valence-corrected chi connectivity index (χ3v) is 2.45. The van der Waals surface area contributed by atoms with Crippen molar-refractivity contribution >= 4 is 20.2 Å². The van der Waals surface area contributed by atoms with Crippen molar-refractivity contribution in [1.82, 2.24) is 0 Å². The molecule has 0 rings (SSSR count). The third-order valence-electron chi connectivity index (χ3n) is 1.33. The Morgan fingerprint density at radius 1 is 1.07 bits per heavy atom. The molecule has 0 heterocycles. The summed E-state index contributed by atoms with van der Waals surface area (Å²) in [7, 11) is -7.07. The van der Waals surface area contributed by atoms with E-state index in [1.54, 1.807) is 0 Å². The van der Waals surface area contributed by atoms with E-state index in [0.29, 0.717) is 0 Å². The first-order valence-electron chi connectivity index (χ1n) is 3.95. The van der Waals surface area contributed by atoms with Gasteiger partial charge in [-0.05, 0) is 0 Å². The van der Waals surface area contributed by atoms with E-state index in [1.807, 2.05) is 0 Å². The van der Waals surface area contributed by atoms with Gasteiger partial charge in [0.2, 0.25) is 0 Å². The highest BCUT2D eigenvalue weighted by Crippen LogP contribution is 2.04. The van der Waals surface area contributed by atoms with Gasteiger partial charge in [0.15, 0.2) is 0 Å². The molecular weight excluding hydrogens is 244 g/mol. The lowest BCUT2D eigenvalue weighted by Gasteiger charge is -2.10. The summed E-state index contributed by atoms with van der Waals surface area (Å²) in [5.41, 5.74) is 0. The van der Waals surface area contributed by atoms with Crippen LogP contribution in [0.1, 0.15) is 0 Å². The molecule has 0 unspecified atom stereocenters. The summed E-state index contributed by atoms with van der Waals surface area (Å²) in [6, 6.07) is 0. The molecule has 0 spiro atoms. The van der Waals surface area contributed by atoms with Crippen molar-refractivity contribution in [2.24, 2.45) is 5.92 Å². The molecule has 0 saturated heterocycles. The average molecular weight is 258 g/mol. The Hall–Kier alpha value is -0.440. The van der Waals surface area contributed by atoms with Gasteiger partial charge in [-0.1, -0.05) is 6.08 Å². The Kier molecular flexibility index (Phi) is 5.43. The summed E-state index contributed by atoms with van der Waals surface area (Å²) in [5.74, 6) is -0.491. The molecule has 0 bridgehead atoms. The van der Waals surface area contributed by atoms with Crippen molar-refractivity contribution in [3.05, 3.63) is 12.7 Å². The van der Waals surface area contributed by atoms with Crippen LogP contribution in [0.4, 0.5) is 0 Å². The molecule has 0 aromatic carbocycles. The topological polar surface area (TPSA) is 86.7 Å². The molecule has 0 aromatic heterocycles. The van der Waals surface area contributed by atoms with E-state index in [4.69, 9.17) is 0 Å².